The maximum atomic E-state index is 13.3. The zero-order chi connectivity index (χ0) is 21.6. The fraction of sp³-hybridized carbons (Fsp3) is 0.208. The molecule has 31 heavy (non-hydrogen) atoms. The van der Waals surface area contributed by atoms with Gasteiger partial charge in [0.1, 0.15) is 6.04 Å². The van der Waals surface area contributed by atoms with Crippen LogP contribution >= 0.6 is 11.3 Å². The molecule has 1 unspecified atom stereocenters. The van der Waals surface area contributed by atoms with Crippen LogP contribution in [0, 0.1) is 0 Å². The smallest absolute Gasteiger partial charge is 0.265 e. The van der Waals surface area contributed by atoms with Crippen LogP contribution in [0.15, 0.2) is 72.1 Å². The standard InChI is InChI=1S/C24H23N3O3S/c28-21-13-4-5-14-27(21)22(17-8-2-1-3-9-17)24(30)26-19-11-6-10-18(16-19)25-23(29)20-12-7-15-31-20/h1-3,6-12,15-16,22H,4-5,13-14H2,(H,25,29)(H,26,30). The maximum absolute atomic E-state index is 13.3. The van der Waals surface area contributed by atoms with Gasteiger partial charge in [0, 0.05) is 24.3 Å². The van der Waals surface area contributed by atoms with Gasteiger partial charge in [0.05, 0.1) is 4.88 Å². The molecule has 1 aliphatic heterocycles. The number of carbonyl (C=O) groups excluding carboxylic acids is 3. The third-order valence-corrected chi connectivity index (χ3v) is 6.04. The maximum Gasteiger partial charge on any atom is 0.265 e. The van der Waals surface area contributed by atoms with Crippen LogP contribution in [-0.4, -0.2) is 29.2 Å². The van der Waals surface area contributed by atoms with E-state index >= 15 is 0 Å². The Morgan fingerprint density at radius 3 is 2.39 bits per heavy atom. The van der Waals surface area contributed by atoms with E-state index in [2.05, 4.69) is 10.6 Å². The molecule has 7 heteroatoms. The van der Waals surface area contributed by atoms with E-state index in [0.29, 0.717) is 29.2 Å². The summed E-state index contributed by atoms with van der Waals surface area (Å²) in [6.45, 7) is 0.558. The zero-order valence-corrected chi connectivity index (χ0v) is 17.7. The van der Waals surface area contributed by atoms with Crippen molar-refractivity contribution in [1.29, 1.82) is 0 Å². The molecule has 0 aliphatic carbocycles. The minimum atomic E-state index is -0.696. The summed E-state index contributed by atoms with van der Waals surface area (Å²) in [4.78, 5) is 40.4. The van der Waals surface area contributed by atoms with Crippen LogP contribution in [0.5, 0.6) is 0 Å². The number of benzene rings is 2. The van der Waals surface area contributed by atoms with Crippen LogP contribution in [0.4, 0.5) is 11.4 Å². The lowest BCUT2D eigenvalue weighted by molar-refractivity contribution is -0.141. The number of hydrogen-bond acceptors (Lipinski definition) is 4. The van der Waals surface area contributed by atoms with Gasteiger partial charge in [-0.15, -0.1) is 11.3 Å². The Morgan fingerprint density at radius 1 is 0.903 bits per heavy atom. The summed E-state index contributed by atoms with van der Waals surface area (Å²) in [5.74, 6) is -0.477. The highest BCUT2D eigenvalue weighted by molar-refractivity contribution is 7.12. The Kier molecular flexibility index (Phi) is 6.43. The molecule has 158 valence electrons. The molecule has 0 radical (unpaired) electrons. The largest absolute Gasteiger partial charge is 0.327 e. The molecule has 3 amide bonds. The highest BCUT2D eigenvalue weighted by Crippen LogP contribution is 2.27. The minimum absolute atomic E-state index is 0.00721. The number of carbonyl (C=O) groups is 3. The molecule has 2 heterocycles. The molecular weight excluding hydrogens is 410 g/mol. The topological polar surface area (TPSA) is 78.5 Å². The lowest BCUT2D eigenvalue weighted by Crippen LogP contribution is -2.43. The number of anilines is 2. The molecule has 1 aliphatic rings. The Balaban J connectivity index is 1.53. The Morgan fingerprint density at radius 2 is 1.68 bits per heavy atom. The van der Waals surface area contributed by atoms with Gasteiger partial charge >= 0.3 is 0 Å². The first kappa shape index (κ1) is 20.8. The predicted octanol–water partition coefficient (Wildman–Crippen LogP) is 4.69. The zero-order valence-electron chi connectivity index (χ0n) is 16.9. The monoisotopic (exact) mass is 433 g/mol. The number of hydrogen-bond donors (Lipinski definition) is 2. The number of nitrogens with one attached hydrogen (secondary N) is 2. The van der Waals surface area contributed by atoms with Gasteiger partial charge in [-0.25, -0.2) is 0 Å². The molecule has 6 nitrogen and oxygen atoms in total. The van der Waals surface area contributed by atoms with Crippen LogP contribution in [-0.2, 0) is 9.59 Å². The van der Waals surface area contributed by atoms with Crippen molar-refractivity contribution >= 4 is 40.4 Å². The second kappa shape index (κ2) is 9.57. The summed E-state index contributed by atoms with van der Waals surface area (Å²) in [6.07, 6.45) is 2.19. The van der Waals surface area contributed by atoms with Crippen LogP contribution in [0.25, 0.3) is 0 Å². The van der Waals surface area contributed by atoms with Crippen LogP contribution < -0.4 is 10.6 Å². The minimum Gasteiger partial charge on any atom is -0.327 e. The van der Waals surface area contributed by atoms with Crippen molar-refractivity contribution in [1.82, 2.24) is 4.90 Å². The van der Waals surface area contributed by atoms with Gasteiger partial charge < -0.3 is 15.5 Å². The molecule has 1 atom stereocenters. The lowest BCUT2D eigenvalue weighted by atomic mass is 10.0. The number of thiophene rings is 1. The van der Waals surface area contributed by atoms with Gasteiger partial charge in [0.2, 0.25) is 5.91 Å². The normalized spacial score (nSPS) is 14.7. The molecule has 2 aromatic carbocycles. The molecule has 0 bridgehead atoms. The summed E-state index contributed by atoms with van der Waals surface area (Å²) in [5.41, 5.74) is 1.92. The molecule has 1 fully saturated rings. The van der Waals surface area contributed by atoms with Gasteiger partial charge in [-0.1, -0.05) is 42.5 Å². The number of rotatable bonds is 6. The SMILES string of the molecule is O=C(Nc1cccc(NC(=O)C(c2ccccc2)N2CCCCC2=O)c1)c1cccs1. The molecule has 2 N–H and O–H groups in total. The van der Waals surface area contributed by atoms with Gasteiger partial charge in [-0.05, 0) is 48.1 Å². The van der Waals surface area contributed by atoms with Crippen molar-refractivity contribution in [3.8, 4) is 0 Å². The van der Waals surface area contributed by atoms with Crippen molar-refractivity contribution in [3.63, 3.8) is 0 Å². The van der Waals surface area contributed by atoms with E-state index in [0.717, 1.165) is 18.4 Å². The molecular formula is C24H23N3O3S. The summed E-state index contributed by atoms with van der Waals surface area (Å²) < 4.78 is 0. The molecule has 0 saturated carbocycles. The van der Waals surface area contributed by atoms with E-state index in [1.165, 1.54) is 11.3 Å². The first-order chi connectivity index (χ1) is 15.1. The van der Waals surface area contributed by atoms with E-state index in [4.69, 9.17) is 0 Å². The molecule has 3 aromatic rings. The van der Waals surface area contributed by atoms with E-state index < -0.39 is 6.04 Å². The summed E-state index contributed by atoms with van der Waals surface area (Å²) in [5, 5.41) is 7.61. The predicted molar refractivity (Wildman–Crippen MR) is 122 cm³/mol. The Bertz CT molecular complexity index is 1070. The number of amides is 3. The fourth-order valence-electron chi connectivity index (χ4n) is 3.69. The van der Waals surface area contributed by atoms with Gasteiger partial charge in [0.25, 0.3) is 11.8 Å². The fourth-order valence-corrected chi connectivity index (χ4v) is 4.31. The summed E-state index contributed by atoms with van der Waals surface area (Å²) in [6, 6.07) is 19.2. The van der Waals surface area contributed by atoms with Gasteiger partial charge in [0.15, 0.2) is 0 Å². The first-order valence-corrected chi connectivity index (χ1v) is 11.1. The third kappa shape index (κ3) is 5.00. The van der Waals surface area contributed by atoms with E-state index in [-0.39, 0.29) is 17.7 Å². The lowest BCUT2D eigenvalue weighted by Gasteiger charge is -2.34. The molecule has 0 spiro atoms. The van der Waals surface area contributed by atoms with E-state index in [9.17, 15) is 14.4 Å². The first-order valence-electron chi connectivity index (χ1n) is 10.2. The molecule has 1 saturated heterocycles. The highest BCUT2D eigenvalue weighted by atomic mass is 32.1. The number of nitrogens with zero attached hydrogens (tertiary/aromatic N) is 1. The average Bonchev–Trinajstić information content (AvgIpc) is 3.32. The Labute approximate surface area is 184 Å². The average molecular weight is 434 g/mol. The second-order valence-electron chi connectivity index (χ2n) is 7.36. The Hall–Kier alpha value is -3.45. The van der Waals surface area contributed by atoms with Crippen LogP contribution in [0.1, 0.15) is 40.5 Å². The highest BCUT2D eigenvalue weighted by Gasteiger charge is 2.32. The van der Waals surface area contributed by atoms with Gasteiger partial charge in [-0.2, -0.15) is 0 Å². The van der Waals surface area contributed by atoms with Crippen molar-refractivity contribution in [2.24, 2.45) is 0 Å². The van der Waals surface area contributed by atoms with Crippen molar-refractivity contribution in [3.05, 3.63) is 82.6 Å². The van der Waals surface area contributed by atoms with Crippen molar-refractivity contribution in [2.45, 2.75) is 25.3 Å². The number of piperidine rings is 1. The summed E-state index contributed by atoms with van der Waals surface area (Å²) in [7, 11) is 0. The van der Waals surface area contributed by atoms with Crippen molar-refractivity contribution < 1.29 is 14.4 Å². The van der Waals surface area contributed by atoms with E-state index in [1.54, 1.807) is 35.2 Å². The number of likely N-dealkylation sites (tertiary alicyclic amines) is 1. The van der Waals surface area contributed by atoms with Crippen LogP contribution in [0.3, 0.4) is 0 Å². The van der Waals surface area contributed by atoms with E-state index in [1.807, 2.05) is 41.8 Å². The quantitative estimate of drug-likeness (QED) is 0.592. The molecule has 4 rings (SSSR count). The van der Waals surface area contributed by atoms with Gasteiger partial charge in [-0.3, -0.25) is 14.4 Å². The van der Waals surface area contributed by atoms with Crippen LogP contribution in [0.2, 0.25) is 0 Å². The summed E-state index contributed by atoms with van der Waals surface area (Å²) >= 11 is 1.36. The molecule has 1 aromatic heterocycles. The second-order valence-corrected chi connectivity index (χ2v) is 8.31. The third-order valence-electron chi connectivity index (χ3n) is 5.17. The van der Waals surface area contributed by atoms with Crippen molar-refractivity contribution in [2.75, 3.05) is 17.2 Å².